The molecule has 194 valence electrons. The van der Waals surface area contributed by atoms with Crippen molar-refractivity contribution in [2.75, 3.05) is 25.7 Å². The third kappa shape index (κ3) is 8.76. The predicted octanol–water partition coefficient (Wildman–Crippen LogP) is 3.04. The van der Waals surface area contributed by atoms with E-state index in [9.17, 15) is 19.2 Å². The number of methoxy groups -OCH3 is 1. The van der Waals surface area contributed by atoms with Crippen LogP contribution in [0, 0.1) is 0 Å². The Morgan fingerprint density at radius 3 is 2.31 bits per heavy atom. The van der Waals surface area contributed by atoms with E-state index in [4.69, 9.17) is 4.74 Å². The van der Waals surface area contributed by atoms with Crippen molar-refractivity contribution in [1.82, 2.24) is 15.5 Å². The Bertz CT molecular complexity index is 870. The van der Waals surface area contributed by atoms with Crippen LogP contribution in [0.25, 0.3) is 0 Å². The summed E-state index contributed by atoms with van der Waals surface area (Å²) in [6, 6.07) is 6.99. The van der Waals surface area contributed by atoms with E-state index in [-0.39, 0.29) is 18.5 Å². The van der Waals surface area contributed by atoms with E-state index >= 15 is 0 Å². The molecule has 0 radical (unpaired) electrons. The van der Waals surface area contributed by atoms with Crippen molar-refractivity contribution < 1.29 is 28.7 Å². The Hall–Kier alpha value is -2.75. The molecule has 1 aromatic rings. The number of hydrogen-bond donors (Lipinski definition) is 2. The number of ether oxygens (including phenoxy) is 2. The molecule has 0 saturated heterocycles. The first-order valence-electron chi connectivity index (χ1n) is 11.8. The molecule has 1 aromatic carbocycles. The number of nitrogens with one attached hydrogen (secondary N) is 2. The molecule has 1 aliphatic rings. The van der Waals surface area contributed by atoms with Crippen molar-refractivity contribution in [2.24, 2.45) is 0 Å². The van der Waals surface area contributed by atoms with Crippen molar-refractivity contribution in [3.05, 3.63) is 35.9 Å². The number of nitrogens with zero attached hydrogens (tertiary/aromatic N) is 1. The van der Waals surface area contributed by atoms with Crippen molar-refractivity contribution >= 4 is 35.6 Å². The average molecular weight is 508 g/mol. The minimum Gasteiger partial charge on any atom is -0.468 e. The SMILES string of the molecule is COC(=O)CNC(=O)C(c1ccccc1)N(C(=O)C(CCSC)NC(=O)OC(C)(C)C)C1CCC1. The van der Waals surface area contributed by atoms with Gasteiger partial charge in [0.2, 0.25) is 11.8 Å². The molecular weight excluding hydrogens is 470 g/mol. The van der Waals surface area contributed by atoms with E-state index < -0.39 is 35.7 Å². The molecule has 0 heterocycles. The van der Waals surface area contributed by atoms with Gasteiger partial charge in [0.15, 0.2) is 0 Å². The number of amides is 3. The fraction of sp³-hybridized carbons (Fsp3) is 0.600. The number of alkyl carbamates (subject to hydrolysis) is 1. The topological polar surface area (TPSA) is 114 Å². The van der Waals surface area contributed by atoms with Gasteiger partial charge in [-0.25, -0.2) is 4.79 Å². The number of benzene rings is 1. The van der Waals surface area contributed by atoms with Crippen LogP contribution in [-0.2, 0) is 23.9 Å². The Morgan fingerprint density at radius 1 is 1.14 bits per heavy atom. The number of esters is 1. The van der Waals surface area contributed by atoms with Crippen LogP contribution in [0.4, 0.5) is 4.79 Å². The summed E-state index contributed by atoms with van der Waals surface area (Å²) in [6.07, 6.45) is 4.06. The van der Waals surface area contributed by atoms with Crippen LogP contribution in [0.3, 0.4) is 0 Å². The maximum absolute atomic E-state index is 14.0. The molecule has 2 N–H and O–H groups in total. The lowest BCUT2D eigenvalue weighted by Crippen LogP contribution is -2.57. The fourth-order valence-electron chi connectivity index (χ4n) is 3.71. The molecule has 0 aromatic heterocycles. The van der Waals surface area contributed by atoms with Crippen molar-refractivity contribution in [2.45, 2.75) is 70.2 Å². The van der Waals surface area contributed by atoms with Crippen LogP contribution >= 0.6 is 11.8 Å². The minimum atomic E-state index is -0.962. The van der Waals surface area contributed by atoms with Crippen LogP contribution in [0.5, 0.6) is 0 Å². The van der Waals surface area contributed by atoms with Gasteiger partial charge in [-0.2, -0.15) is 11.8 Å². The molecule has 1 fully saturated rings. The zero-order valence-corrected chi connectivity index (χ0v) is 22.0. The van der Waals surface area contributed by atoms with Gasteiger partial charge in [-0.05, 0) is 64.0 Å². The van der Waals surface area contributed by atoms with Gasteiger partial charge in [0, 0.05) is 6.04 Å². The fourth-order valence-corrected chi connectivity index (χ4v) is 4.18. The highest BCUT2D eigenvalue weighted by Gasteiger charge is 2.41. The summed E-state index contributed by atoms with van der Waals surface area (Å²) < 4.78 is 10.0. The monoisotopic (exact) mass is 507 g/mol. The van der Waals surface area contributed by atoms with Gasteiger partial charge in [0.1, 0.15) is 24.2 Å². The molecule has 0 aliphatic heterocycles. The number of rotatable bonds is 11. The highest BCUT2D eigenvalue weighted by molar-refractivity contribution is 7.98. The second-order valence-corrected chi connectivity index (χ2v) is 10.4. The first-order chi connectivity index (χ1) is 16.6. The van der Waals surface area contributed by atoms with Crippen LogP contribution in [-0.4, -0.2) is 72.1 Å². The molecule has 0 spiro atoms. The largest absolute Gasteiger partial charge is 0.468 e. The number of hydrogen-bond acceptors (Lipinski definition) is 7. The van der Waals surface area contributed by atoms with Crippen molar-refractivity contribution in [3.8, 4) is 0 Å². The molecule has 9 nitrogen and oxygen atoms in total. The molecule has 1 saturated carbocycles. The number of carbonyl (C=O) groups is 4. The molecule has 2 rings (SSSR count). The number of carbonyl (C=O) groups excluding carboxylic acids is 4. The normalized spacial score (nSPS) is 15.2. The van der Waals surface area contributed by atoms with Crippen molar-refractivity contribution in [3.63, 3.8) is 0 Å². The lowest BCUT2D eigenvalue weighted by molar-refractivity contribution is -0.148. The van der Waals surface area contributed by atoms with Gasteiger partial charge < -0.3 is 25.0 Å². The highest BCUT2D eigenvalue weighted by atomic mass is 32.2. The van der Waals surface area contributed by atoms with E-state index in [1.807, 2.05) is 12.3 Å². The Kier molecular flexibility index (Phi) is 10.9. The standard InChI is InChI=1S/C25H37N3O6S/c1-25(2,3)34-24(32)27-19(14-15-35-5)23(31)28(18-12-9-13-18)21(17-10-7-6-8-11-17)22(30)26-16-20(29)33-4/h6-8,10-11,18-19,21H,9,12-16H2,1-5H3,(H,26,30)(H,27,32). The van der Waals surface area contributed by atoms with E-state index in [1.54, 1.807) is 61.7 Å². The smallest absolute Gasteiger partial charge is 0.408 e. The van der Waals surface area contributed by atoms with E-state index in [1.165, 1.54) is 7.11 Å². The first-order valence-corrected chi connectivity index (χ1v) is 13.2. The second kappa shape index (κ2) is 13.4. The lowest BCUT2D eigenvalue weighted by atomic mass is 9.88. The van der Waals surface area contributed by atoms with Crippen molar-refractivity contribution in [1.29, 1.82) is 0 Å². The molecule has 0 bridgehead atoms. The quantitative estimate of drug-likeness (QED) is 0.443. The minimum absolute atomic E-state index is 0.159. The molecule has 35 heavy (non-hydrogen) atoms. The third-order valence-corrected chi connectivity index (χ3v) is 6.24. The van der Waals surface area contributed by atoms with Crippen LogP contribution in [0.15, 0.2) is 30.3 Å². The maximum Gasteiger partial charge on any atom is 0.408 e. The van der Waals surface area contributed by atoms with Gasteiger partial charge in [-0.1, -0.05) is 30.3 Å². The molecule has 10 heteroatoms. The van der Waals surface area contributed by atoms with E-state index in [0.717, 1.165) is 19.3 Å². The summed E-state index contributed by atoms with van der Waals surface area (Å²) in [7, 11) is 1.24. The highest BCUT2D eigenvalue weighted by Crippen LogP contribution is 2.34. The van der Waals surface area contributed by atoms with Gasteiger partial charge >= 0.3 is 12.1 Å². The second-order valence-electron chi connectivity index (χ2n) is 9.42. The Labute approximate surface area is 211 Å². The summed E-state index contributed by atoms with van der Waals surface area (Å²) in [6.45, 7) is 4.95. The summed E-state index contributed by atoms with van der Waals surface area (Å²) in [4.78, 5) is 53.1. The Balaban J connectivity index is 2.40. The zero-order chi connectivity index (χ0) is 26.0. The molecule has 1 aliphatic carbocycles. The molecule has 2 atom stereocenters. The third-order valence-electron chi connectivity index (χ3n) is 5.60. The maximum atomic E-state index is 14.0. The first kappa shape index (κ1) is 28.5. The van der Waals surface area contributed by atoms with Gasteiger partial charge in [0.25, 0.3) is 0 Å². The van der Waals surface area contributed by atoms with E-state index in [2.05, 4.69) is 15.4 Å². The van der Waals surface area contributed by atoms with Gasteiger partial charge in [-0.3, -0.25) is 14.4 Å². The zero-order valence-electron chi connectivity index (χ0n) is 21.2. The summed E-state index contributed by atoms with van der Waals surface area (Å²) in [5.41, 5.74) is -0.0958. The van der Waals surface area contributed by atoms with E-state index in [0.29, 0.717) is 17.7 Å². The average Bonchev–Trinajstić information content (AvgIpc) is 2.77. The van der Waals surface area contributed by atoms with Crippen LogP contribution in [0.1, 0.15) is 58.1 Å². The summed E-state index contributed by atoms with van der Waals surface area (Å²) in [5.74, 6) is -0.787. The predicted molar refractivity (Wildman–Crippen MR) is 135 cm³/mol. The van der Waals surface area contributed by atoms with Gasteiger partial charge in [-0.15, -0.1) is 0 Å². The molecular formula is C25H37N3O6S. The van der Waals surface area contributed by atoms with Crippen LogP contribution < -0.4 is 10.6 Å². The number of thioether (sulfide) groups is 1. The summed E-state index contributed by atoms with van der Waals surface area (Å²) >= 11 is 1.56. The molecule has 2 unspecified atom stereocenters. The summed E-state index contributed by atoms with van der Waals surface area (Å²) in [5, 5.41) is 5.33. The lowest BCUT2D eigenvalue weighted by Gasteiger charge is -2.43. The van der Waals surface area contributed by atoms with Gasteiger partial charge in [0.05, 0.1) is 7.11 Å². The Morgan fingerprint density at radius 2 is 1.80 bits per heavy atom. The van der Waals surface area contributed by atoms with Crippen LogP contribution in [0.2, 0.25) is 0 Å². The molecule has 3 amide bonds.